The van der Waals surface area contributed by atoms with E-state index in [1.165, 1.54) is 16.9 Å². The zero-order valence-electron chi connectivity index (χ0n) is 10.1. The van der Waals surface area contributed by atoms with Crippen LogP contribution in [0.1, 0.15) is 13.8 Å². The van der Waals surface area contributed by atoms with E-state index in [9.17, 15) is 14.4 Å². The van der Waals surface area contributed by atoms with Crippen molar-refractivity contribution in [3.8, 4) is 0 Å². The third-order valence-corrected chi connectivity index (χ3v) is 3.44. The summed E-state index contributed by atoms with van der Waals surface area (Å²) in [5, 5.41) is 5.29. The van der Waals surface area contributed by atoms with E-state index in [1.54, 1.807) is 7.05 Å². The minimum absolute atomic E-state index is 0. The second-order valence-corrected chi connectivity index (χ2v) is 4.45. The number of fused-ring (bicyclic) bond motifs is 1. The largest absolute Gasteiger partial charge is 0.540 e. The van der Waals surface area contributed by atoms with Crippen molar-refractivity contribution in [2.45, 2.75) is 25.4 Å². The van der Waals surface area contributed by atoms with Crippen LogP contribution in [-0.2, 0) is 47.1 Å². The molecule has 6 nitrogen and oxygen atoms in total. The number of rotatable bonds is 2. The summed E-state index contributed by atoms with van der Waals surface area (Å²) in [7, 11) is 1.56. The van der Waals surface area contributed by atoms with Gasteiger partial charge < -0.3 is 4.79 Å². The standard InChI is InChI=1S/C10H14N3O3.Y/c1-6-4-12-8(15)10(2,11-3)9(16)13(12)7(6)5-14;/h6-7,11H,4H2,1-3H3;/q-1;. The van der Waals surface area contributed by atoms with Crippen molar-refractivity contribution in [1.82, 2.24) is 15.3 Å². The molecule has 0 aromatic heterocycles. The fourth-order valence-corrected chi connectivity index (χ4v) is 2.23. The second kappa shape index (κ2) is 4.74. The SMILES string of the molecule is CNC1(C)C(=O)N2CC(C)C([C-]=O)N2C1=O.[Y]. The van der Waals surface area contributed by atoms with E-state index in [-0.39, 0.29) is 50.4 Å². The zero-order chi connectivity index (χ0) is 12.1. The fraction of sp³-hybridized carbons (Fsp3) is 0.700. The maximum Gasteiger partial charge on any atom is 0.270 e. The van der Waals surface area contributed by atoms with Crippen LogP contribution in [0.15, 0.2) is 0 Å². The van der Waals surface area contributed by atoms with Gasteiger partial charge in [-0.1, -0.05) is 6.92 Å². The van der Waals surface area contributed by atoms with Crippen LogP contribution in [-0.4, -0.2) is 53.3 Å². The van der Waals surface area contributed by atoms with Crippen molar-refractivity contribution >= 4 is 18.1 Å². The molecule has 2 rings (SSSR count). The van der Waals surface area contributed by atoms with Crippen LogP contribution in [0, 0.1) is 5.92 Å². The van der Waals surface area contributed by atoms with Gasteiger partial charge in [-0.15, -0.1) is 0 Å². The fourth-order valence-electron chi connectivity index (χ4n) is 2.23. The van der Waals surface area contributed by atoms with Gasteiger partial charge >= 0.3 is 0 Å². The van der Waals surface area contributed by atoms with Crippen molar-refractivity contribution in [3.05, 3.63) is 0 Å². The summed E-state index contributed by atoms with van der Waals surface area (Å²) < 4.78 is 0. The van der Waals surface area contributed by atoms with Crippen LogP contribution in [0.4, 0.5) is 0 Å². The van der Waals surface area contributed by atoms with E-state index in [2.05, 4.69) is 5.32 Å². The van der Waals surface area contributed by atoms with Crippen LogP contribution in [0.3, 0.4) is 0 Å². The maximum absolute atomic E-state index is 12.1. The van der Waals surface area contributed by atoms with Gasteiger partial charge in [-0.3, -0.25) is 24.9 Å². The van der Waals surface area contributed by atoms with Crippen LogP contribution in [0.25, 0.3) is 0 Å². The van der Waals surface area contributed by atoms with Gasteiger partial charge in [-0.2, -0.15) is 0 Å². The number of hydrazine groups is 1. The minimum atomic E-state index is -1.24. The first-order chi connectivity index (χ1) is 7.47. The number of hydrogen-bond donors (Lipinski definition) is 1. The summed E-state index contributed by atoms with van der Waals surface area (Å²) in [6.45, 7) is 3.75. The summed E-state index contributed by atoms with van der Waals surface area (Å²) in [5.74, 6) is -0.742. The number of carbonyl (C=O) groups is 2. The predicted octanol–water partition coefficient (Wildman–Crippen LogP) is -1.32. The first kappa shape index (κ1) is 14.7. The Morgan fingerprint density at radius 2 is 2.00 bits per heavy atom. The second-order valence-electron chi connectivity index (χ2n) is 4.45. The molecule has 2 saturated heterocycles. The average molecular weight is 313 g/mol. The Balaban J connectivity index is 0.00000144. The summed E-state index contributed by atoms with van der Waals surface area (Å²) in [5.41, 5.74) is -1.24. The molecule has 7 heteroatoms. The van der Waals surface area contributed by atoms with Crippen LogP contribution in [0.2, 0.25) is 0 Å². The molecule has 17 heavy (non-hydrogen) atoms. The van der Waals surface area contributed by atoms with Gasteiger partial charge in [0.2, 0.25) is 0 Å². The molecule has 91 valence electrons. The molecule has 0 aliphatic carbocycles. The number of carbonyl (C=O) groups excluding carboxylic acids is 3. The molecular formula is C10H14N3O3Y-. The predicted molar refractivity (Wildman–Crippen MR) is 54.7 cm³/mol. The van der Waals surface area contributed by atoms with E-state index in [0.29, 0.717) is 6.54 Å². The maximum atomic E-state index is 12.1. The van der Waals surface area contributed by atoms with Gasteiger partial charge in [-0.05, 0) is 25.9 Å². The number of amides is 2. The van der Waals surface area contributed by atoms with E-state index < -0.39 is 11.6 Å². The molecule has 2 heterocycles. The average Bonchev–Trinajstić information content (AvgIpc) is 2.69. The molecule has 0 aromatic carbocycles. The van der Waals surface area contributed by atoms with Crippen LogP contribution in [0.5, 0.6) is 0 Å². The van der Waals surface area contributed by atoms with Gasteiger partial charge in [0.05, 0.1) is 0 Å². The number of nitrogens with one attached hydrogen (secondary N) is 1. The molecule has 2 amide bonds. The molecule has 0 spiro atoms. The van der Waals surface area contributed by atoms with Gasteiger partial charge in [0.1, 0.15) is 0 Å². The van der Waals surface area contributed by atoms with Crippen molar-refractivity contribution in [2.75, 3.05) is 13.6 Å². The Morgan fingerprint density at radius 1 is 1.41 bits per heavy atom. The molecule has 1 radical (unpaired) electrons. The van der Waals surface area contributed by atoms with Crippen molar-refractivity contribution in [1.29, 1.82) is 0 Å². The number of hydrogen-bond acceptors (Lipinski definition) is 4. The van der Waals surface area contributed by atoms with Crippen molar-refractivity contribution < 1.29 is 47.1 Å². The Morgan fingerprint density at radius 3 is 2.47 bits per heavy atom. The van der Waals surface area contributed by atoms with Crippen LogP contribution < -0.4 is 5.32 Å². The third kappa shape index (κ3) is 1.77. The van der Waals surface area contributed by atoms with E-state index in [4.69, 9.17) is 0 Å². The molecule has 2 fully saturated rings. The van der Waals surface area contributed by atoms with Crippen molar-refractivity contribution in [3.63, 3.8) is 0 Å². The quantitative estimate of drug-likeness (QED) is 0.507. The smallest absolute Gasteiger partial charge is 0.270 e. The third-order valence-electron chi connectivity index (χ3n) is 3.44. The molecule has 2 aliphatic heterocycles. The molecule has 0 saturated carbocycles. The summed E-state index contributed by atoms with van der Waals surface area (Å²) >= 11 is 0. The Hall–Kier alpha value is -0.326. The molecule has 3 unspecified atom stereocenters. The first-order valence-corrected chi connectivity index (χ1v) is 5.19. The molecule has 2 aliphatic rings. The van der Waals surface area contributed by atoms with Gasteiger partial charge in [0.25, 0.3) is 11.8 Å². The molecule has 0 bridgehead atoms. The zero-order valence-corrected chi connectivity index (χ0v) is 12.9. The first-order valence-electron chi connectivity index (χ1n) is 5.19. The monoisotopic (exact) mass is 313 g/mol. The van der Waals surface area contributed by atoms with Crippen LogP contribution >= 0.6 is 0 Å². The van der Waals surface area contributed by atoms with E-state index in [0.717, 1.165) is 0 Å². The Bertz CT molecular complexity index is 376. The summed E-state index contributed by atoms with van der Waals surface area (Å²) in [4.78, 5) is 34.9. The Labute approximate surface area is 125 Å². The van der Waals surface area contributed by atoms with Gasteiger partial charge in [0, 0.05) is 39.3 Å². The topological polar surface area (TPSA) is 69.7 Å². The van der Waals surface area contributed by atoms with Crippen molar-refractivity contribution in [2.24, 2.45) is 5.92 Å². The number of likely N-dealkylation sites (N-methyl/N-ethyl adjacent to an activating group) is 1. The molecule has 1 N–H and O–H groups in total. The molecule has 3 atom stereocenters. The Kier molecular flexibility index (Phi) is 4.11. The number of nitrogens with zero attached hydrogens (tertiary/aromatic N) is 2. The normalized spacial score (nSPS) is 35.9. The van der Waals surface area contributed by atoms with E-state index in [1.807, 2.05) is 13.2 Å². The summed E-state index contributed by atoms with van der Waals surface area (Å²) in [6, 6.07) is -0.647. The van der Waals surface area contributed by atoms with Gasteiger partial charge in [0.15, 0.2) is 5.54 Å². The molecular weight excluding hydrogens is 299 g/mol. The minimum Gasteiger partial charge on any atom is -0.540 e. The van der Waals surface area contributed by atoms with Gasteiger partial charge in [-0.25, -0.2) is 6.29 Å². The summed E-state index contributed by atoms with van der Waals surface area (Å²) in [6.07, 6.45) is 1.83. The molecule has 0 aromatic rings. The van der Waals surface area contributed by atoms with E-state index >= 15 is 0 Å².